The number of hydrogen-bond acceptors (Lipinski definition) is 1. The molecule has 1 heterocycles. The van der Waals surface area contributed by atoms with Gasteiger partial charge in [0.05, 0.1) is 11.4 Å². The Hall–Kier alpha value is -2.66. The molecular formula is C19H18FN3S. The molecule has 0 radical (unpaired) electrons. The van der Waals surface area contributed by atoms with Crippen molar-refractivity contribution >= 4 is 28.7 Å². The van der Waals surface area contributed by atoms with Crippen molar-refractivity contribution in [2.75, 3.05) is 10.6 Å². The summed E-state index contributed by atoms with van der Waals surface area (Å²) >= 11 is 5.38. The van der Waals surface area contributed by atoms with E-state index in [-0.39, 0.29) is 5.82 Å². The van der Waals surface area contributed by atoms with E-state index in [1.54, 1.807) is 12.1 Å². The van der Waals surface area contributed by atoms with Crippen LogP contribution in [0.25, 0.3) is 5.69 Å². The molecule has 0 saturated carbocycles. The molecule has 2 N–H and O–H groups in total. The first-order valence-electron chi connectivity index (χ1n) is 7.62. The summed E-state index contributed by atoms with van der Waals surface area (Å²) in [5.74, 6) is -0.275. The van der Waals surface area contributed by atoms with Gasteiger partial charge in [0.1, 0.15) is 5.82 Å². The van der Waals surface area contributed by atoms with E-state index in [1.807, 2.05) is 24.3 Å². The molecule has 0 aliphatic rings. The number of halogens is 1. The van der Waals surface area contributed by atoms with Gasteiger partial charge in [-0.3, -0.25) is 0 Å². The summed E-state index contributed by atoms with van der Waals surface area (Å²) in [6.07, 6.45) is 0. The van der Waals surface area contributed by atoms with E-state index in [9.17, 15) is 4.39 Å². The van der Waals surface area contributed by atoms with Crippen LogP contribution in [0.15, 0.2) is 60.7 Å². The van der Waals surface area contributed by atoms with Crippen LogP contribution >= 0.6 is 12.2 Å². The number of nitrogens with zero attached hydrogens (tertiary/aromatic N) is 1. The van der Waals surface area contributed by atoms with Gasteiger partial charge in [-0.15, -0.1) is 0 Å². The zero-order chi connectivity index (χ0) is 17.1. The summed E-state index contributed by atoms with van der Waals surface area (Å²) in [5, 5.41) is 6.74. The van der Waals surface area contributed by atoms with Crippen LogP contribution in [0.5, 0.6) is 0 Å². The Bertz CT molecular complexity index is 849. The van der Waals surface area contributed by atoms with Crippen LogP contribution in [-0.2, 0) is 0 Å². The first-order chi connectivity index (χ1) is 11.5. The second-order valence-corrected chi connectivity index (χ2v) is 5.96. The monoisotopic (exact) mass is 339 g/mol. The minimum Gasteiger partial charge on any atom is -0.332 e. The smallest absolute Gasteiger partial charge is 0.175 e. The summed E-state index contributed by atoms with van der Waals surface area (Å²) in [7, 11) is 0. The van der Waals surface area contributed by atoms with Crippen molar-refractivity contribution in [2.45, 2.75) is 13.8 Å². The molecule has 122 valence electrons. The fourth-order valence-corrected chi connectivity index (χ4v) is 2.87. The van der Waals surface area contributed by atoms with Crippen LogP contribution in [-0.4, -0.2) is 9.68 Å². The normalized spacial score (nSPS) is 10.5. The van der Waals surface area contributed by atoms with Crippen molar-refractivity contribution in [3.8, 4) is 5.69 Å². The highest BCUT2D eigenvalue weighted by Crippen LogP contribution is 2.24. The number of para-hydroxylation sites is 2. The standard InChI is InChI=1S/C19H18FN3S/c1-13-7-8-14(2)23(13)18-6-4-3-5-17(18)22-19(24)21-16-11-9-15(20)10-12-16/h3-12H,1-2H3,(H2,21,22,24). The molecular weight excluding hydrogens is 321 g/mol. The van der Waals surface area contributed by atoms with Crippen LogP contribution in [0.2, 0.25) is 0 Å². The lowest BCUT2D eigenvalue weighted by Gasteiger charge is -2.17. The summed E-state index contributed by atoms with van der Waals surface area (Å²) in [6.45, 7) is 4.14. The molecule has 2 aromatic carbocycles. The predicted octanol–water partition coefficient (Wildman–Crippen LogP) is 5.04. The topological polar surface area (TPSA) is 29.0 Å². The van der Waals surface area contributed by atoms with E-state index in [0.717, 1.165) is 28.5 Å². The molecule has 0 bridgehead atoms. The van der Waals surface area contributed by atoms with E-state index >= 15 is 0 Å². The van der Waals surface area contributed by atoms with Crippen molar-refractivity contribution in [1.29, 1.82) is 0 Å². The number of hydrogen-bond donors (Lipinski definition) is 2. The lowest BCUT2D eigenvalue weighted by atomic mass is 10.2. The van der Waals surface area contributed by atoms with E-state index in [4.69, 9.17) is 12.2 Å². The predicted molar refractivity (Wildman–Crippen MR) is 101 cm³/mol. The Morgan fingerprint density at radius 1 is 0.875 bits per heavy atom. The Morgan fingerprint density at radius 3 is 2.17 bits per heavy atom. The van der Waals surface area contributed by atoms with Crippen molar-refractivity contribution in [3.63, 3.8) is 0 Å². The number of rotatable bonds is 3. The fraction of sp³-hybridized carbons (Fsp3) is 0.105. The number of nitrogens with one attached hydrogen (secondary N) is 2. The van der Waals surface area contributed by atoms with Crippen molar-refractivity contribution in [1.82, 2.24) is 4.57 Å². The molecule has 0 atom stereocenters. The minimum atomic E-state index is -0.275. The average Bonchev–Trinajstić information content (AvgIpc) is 2.89. The zero-order valence-corrected chi connectivity index (χ0v) is 14.3. The highest BCUT2D eigenvalue weighted by molar-refractivity contribution is 7.80. The number of anilines is 2. The van der Waals surface area contributed by atoms with Gasteiger partial charge in [-0.25, -0.2) is 4.39 Å². The van der Waals surface area contributed by atoms with E-state index in [2.05, 4.69) is 41.2 Å². The molecule has 0 saturated heterocycles. The van der Waals surface area contributed by atoms with Crippen LogP contribution < -0.4 is 10.6 Å². The first-order valence-corrected chi connectivity index (χ1v) is 8.03. The highest BCUT2D eigenvalue weighted by atomic mass is 32.1. The molecule has 0 aliphatic carbocycles. The van der Waals surface area contributed by atoms with Crippen LogP contribution in [0, 0.1) is 19.7 Å². The lowest BCUT2D eigenvalue weighted by Crippen LogP contribution is -2.20. The molecule has 0 amide bonds. The maximum atomic E-state index is 13.0. The Morgan fingerprint density at radius 2 is 1.50 bits per heavy atom. The van der Waals surface area contributed by atoms with E-state index in [0.29, 0.717) is 5.11 Å². The third kappa shape index (κ3) is 3.46. The molecule has 3 rings (SSSR count). The molecule has 0 aliphatic heterocycles. The molecule has 3 aromatic rings. The molecule has 0 unspecified atom stereocenters. The van der Waals surface area contributed by atoms with Gasteiger partial charge < -0.3 is 15.2 Å². The van der Waals surface area contributed by atoms with Crippen LogP contribution in [0.4, 0.5) is 15.8 Å². The fourth-order valence-electron chi connectivity index (χ4n) is 2.64. The summed E-state index contributed by atoms with van der Waals surface area (Å²) in [4.78, 5) is 0. The van der Waals surface area contributed by atoms with Gasteiger partial charge in [0.25, 0.3) is 0 Å². The molecule has 24 heavy (non-hydrogen) atoms. The Labute approximate surface area is 146 Å². The van der Waals surface area contributed by atoms with Crippen molar-refractivity contribution in [2.24, 2.45) is 0 Å². The van der Waals surface area contributed by atoms with Gasteiger partial charge >= 0.3 is 0 Å². The van der Waals surface area contributed by atoms with E-state index in [1.165, 1.54) is 12.1 Å². The van der Waals surface area contributed by atoms with Gasteiger partial charge in [0.2, 0.25) is 0 Å². The van der Waals surface area contributed by atoms with Crippen LogP contribution in [0.1, 0.15) is 11.4 Å². The molecule has 5 heteroatoms. The quantitative estimate of drug-likeness (QED) is 0.655. The van der Waals surface area contributed by atoms with Crippen molar-refractivity contribution < 1.29 is 4.39 Å². The maximum absolute atomic E-state index is 13.0. The molecule has 0 fully saturated rings. The zero-order valence-electron chi connectivity index (χ0n) is 13.5. The number of aromatic nitrogens is 1. The third-order valence-electron chi connectivity index (χ3n) is 3.77. The number of benzene rings is 2. The van der Waals surface area contributed by atoms with Gasteiger partial charge in [-0.05, 0) is 74.6 Å². The Balaban J connectivity index is 1.83. The minimum absolute atomic E-state index is 0.275. The lowest BCUT2D eigenvalue weighted by molar-refractivity contribution is 0.628. The maximum Gasteiger partial charge on any atom is 0.175 e. The average molecular weight is 339 g/mol. The molecule has 3 nitrogen and oxygen atoms in total. The van der Waals surface area contributed by atoms with Gasteiger partial charge in [0, 0.05) is 17.1 Å². The summed E-state index contributed by atoms with van der Waals surface area (Å²) in [5.41, 5.74) is 4.97. The largest absolute Gasteiger partial charge is 0.332 e. The molecule has 0 spiro atoms. The van der Waals surface area contributed by atoms with Gasteiger partial charge in [0.15, 0.2) is 5.11 Å². The Kier molecular flexibility index (Phi) is 4.62. The van der Waals surface area contributed by atoms with Gasteiger partial charge in [-0.1, -0.05) is 12.1 Å². The van der Waals surface area contributed by atoms with Crippen LogP contribution in [0.3, 0.4) is 0 Å². The number of thiocarbonyl (C=S) groups is 1. The SMILES string of the molecule is Cc1ccc(C)n1-c1ccccc1NC(=S)Nc1ccc(F)cc1. The van der Waals surface area contributed by atoms with Gasteiger partial charge in [-0.2, -0.15) is 0 Å². The number of aryl methyl sites for hydroxylation is 2. The third-order valence-corrected chi connectivity index (χ3v) is 3.97. The second-order valence-electron chi connectivity index (χ2n) is 5.55. The first kappa shape index (κ1) is 16.2. The van der Waals surface area contributed by atoms with E-state index < -0.39 is 0 Å². The highest BCUT2D eigenvalue weighted by Gasteiger charge is 2.09. The summed E-state index contributed by atoms with van der Waals surface area (Å²) in [6, 6.07) is 18.2. The summed E-state index contributed by atoms with van der Waals surface area (Å²) < 4.78 is 15.1. The second kappa shape index (κ2) is 6.84. The van der Waals surface area contributed by atoms with Crippen molar-refractivity contribution in [3.05, 3.63) is 77.9 Å². The molecule has 1 aromatic heterocycles.